The molecular formula is C13H25F3N2. The van der Waals surface area contributed by atoms with Gasteiger partial charge in [-0.05, 0) is 32.7 Å². The molecule has 1 saturated heterocycles. The van der Waals surface area contributed by atoms with Crippen LogP contribution in [0.5, 0.6) is 0 Å². The first-order valence-corrected chi connectivity index (χ1v) is 6.97. The Labute approximate surface area is 108 Å². The summed E-state index contributed by atoms with van der Waals surface area (Å²) >= 11 is 0. The van der Waals surface area contributed by atoms with E-state index >= 15 is 0 Å². The van der Waals surface area contributed by atoms with Crippen LogP contribution in [0, 0.1) is 0 Å². The standard InChI is InChI=1S/C13H25F3N2/c1-3-12-7-5-4-6-8-18(12)11(2)9-17-10-13(14,15)16/h11-12,17H,3-10H2,1-2H3. The van der Waals surface area contributed by atoms with Crippen LogP contribution < -0.4 is 5.32 Å². The molecule has 0 spiro atoms. The summed E-state index contributed by atoms with van der Waals surface area (Å²) < 4.78 is 36.2. The highest BCUT2D eigenvalue weighted by molar-refractivity contribution is 4.80. The van der Waals surface area contributed by atoms with E-state index in [0.717, 1.165) is 13.0 Å². The minimum atomic E-state index is -4.11. The van der Waals surface area contributed by atoms with Crippen LogP contribution in [0.1, 0.15) is 46.0 Å². The van der Waals surface area contributed by atoms with Crippen LogP contribution in [-0.2, 0) is 0 Å². The summed E-state index contributed by atoms with van der Waals surface area (Å²) in [6.45, 7) is 4.74. The fourth-order valence-corrected chi connectivity index (χ4v) is 2.76. The average Bonchev–Trinajstić information content (AvgIpc) is 2.51. The van der Waals surface area contributed by atoms with E-state index in [2.05, 4.69) is 17.1 Å². The van der Waals surface area contributed by atoms with Gasteiger partial charge in [-0.15, -0.1) is 0 Å². The molecule has 0 aromatic heterocycles. The van der Waals surface area contributed by atoms with Gasteiger partial charge in [0.2, 0.25) is 0 Å². The molecule has 1 rings (SSSR count). The lowest BCUT2D eigenvalue weighted by Crippen LogP contribution is -2.47. The molecule has 1 aliphatic heterocycles. The highest BCUT2D eigenvalue weighted by Crippen LogP contribution is 2.21. The summed E-state index contributed by atoms with van der Waals surface area (Å²) in [4.78, 5) is 2.39. The Morgan fingerprint density at radius 1 is 1.28 bits per heavy atom. The number of alkyl halides is 3. The van der Waals surface area contributed by atoms with Crippen LogP contribution in [0.25, 0.3) is 0 Å². The van der Waals surface area contributed by atoms with Gasteiger partial charge >= 0.3 is 6.18 Å². The number of hydrogen-bond donors (Lipinski definition) is 1. The van der Waals surface area contributed by atoms with E-state index in [9.17, 15) is 13.2 Å². The van der Waals surface area contributed by atoms with Gasteiger partial charge in [-0.3, -0.25) is 4.90 Å². The number of likely N-dealkylation sites (tertiary alicyclic amines) is 1. The van der Waals surface area contributed by atoms with Crippen molar-refractivity contribution >= 4 is 0 Å². The Balaban J connectivity index is 2.39. The summed E-state index contributed by atoms with van der Waals surface area (Å²) in [6, 6.07) is 0.714. The molecule has 18 heavy (non-hydrogen) atoms. The van der Waals surface area contributed by atoms with Gasteiger partial charge < -0.3 is 5.32 Å². The summed E-state index contributed by atoms with van der Waals surface area (Å²) in [5, 5.41) is 2.52. The van der Waals surface area contributed by atoms with Crippen LogP contribution in [0.3, 0.4) is 0 Å². The fraction of sp³-hybridized carbons (Fsp3) is 1.00. The van der Waals surface area contributed by atoms with Gasteiger partial charge in [0.05, 0.1) is 6.54 Å². The SMILES string of the molecule is CCC1CCCCCN1C(C)CNCC(F)(F)F. The molecule has 0 aromatic rings. The lowest BCUT2D eigenvalue weighted by molar-refractivity contribution is -0.125. The molecule has 0 amide bonds. The Hall–Kier alpha value is -0.290. The summed E-state index contributed by atoms with van der Waals surface area (Å²) in [5.41, 5.74) is 0. The third-order valence-corrected chi connectivity index (χ3v) is 3.73. The normalized spacial score (nSPS) is 24.8. The first-order chi connectivity index (χ1) is 8.44. The zero-order chi connectivity index (χ0) is 13.6. The maximum absolute atomic E-state index is 12.1. The molecule has 5 heteroatoms. The van der Waals surface area contributed by atoms with Crippen molar-refractivity contribution in [3.8, 4) is 0 Å². The van der Waals surface area contributed by atoms with Gasteiger partial charge in [0.25, 0.3) is 0 Å². The highest BCUT2D eigenvalue weighted by Gasteiger charge is 2.28. The van der Waals surface area contributed by atoms with E-state index in [1.54, 1.807) is 0 Å². The zero-order valence-corrected chi connectivity index (χ0v) is 11.4. The highest BCUT2D eigenvalue weighted by atomic mass is 19.4. The molecule has 1 N–H and O–H groups in total. The molecule has 0 radical (unpaired) electrons. The minimum absolute atomic E-state index is 0.176. The minimum Gasteiger partial charge on any atom is -0.307 e. The van der Waals surface area contributed by atoms with Gasteiger partial charge in [-0.25, -0.2) is 0 Å². The van der Waals surface area contributed by atoms with Crippen LogP contribution in [-0.4, -0.2) is 42.8 Å². The van der Waals surface area contributed by atoms with Crippen LogP contribution in [0.15, 0.2) is 0 Å². The topological polar surface area (TPSA) is 15.3 Å². The maximum atomic E-state index is 12.1. The van der Waals surface area contributed by atoms with Crippen molar-refractivity contribution in [2.75, 3.05) is 19.6 Å². The number of halogens is 3. The first kappa shape index (κ1) is 15.8. The molecule has 0 aliphatic carbocycles. The Kier molecular flexibility index (Phi) is 6.43. The van der Waals surface area contributed by atoms with E-state index in [1.165, 1.54) is 25.7 Å². The average molecular weight is 266 g/mol. The van der Waals surface area contributed by atoms with Crippen LogP contribution in [0.4, 0.5) is 13.2 Å². The number of hydrogen-bond acceptors (Lipinski definition) is 2. The van der Waals surface area contributed by atoms with E-state index in [4.69, 9.17) is 0 Å². The molecule has 0 saturated carbocycles. The van der Waals surface area contributed by atoms with Crippen molar-refractivity contribution in [3.63, 3.8) is 0 Å². The molecule has 0 aromatic carbocycles. The number of nitrogens with zero attached hydrogens (tertiary/aromatic N) is 1. The lowest BCUT2D eigenvalue weighted by Gasteiger charge is -2.35. The molecule has 2 nitrogen and oxygen atoms in total. The predicted octanol–water partition coefficient (Wildman–Crippen LogP) is 3.18. The van der Waals surface area contributed by atoms with Crippen molar-refractivity contribution in [1.29, 1.82) is 0 Å². The second kappa shape index (κ2) is 7.34. The number of rotatable bonds is 5. The molecule has 0 bridgehead atoms. The zero-order valence-electron chi connectivity index (χ0n) is 11.4. The molecule has 2 atom stereocenters. The monoisotopic (exact) mass is 266 g/mol. The molecule has 1 aliphatic rings. The van der Waals surface area contributed by atoms with Crippen molar-refractivity contribution in [2.24, 2.45) is 0 Å². The third-order valence-electron chi connectivity index (χ3n) is 3.73. The van der Waals surface area contributed by atoms with Gasteiger partial charge in [0.1, 0.15) is 0 Å². The maximum Gasteiger partial charge on any atom is 0.401 e. The first-order valence-electron chi connectivity index (χ1n) is 6.97. The molecular weight excluding hydrogens is 241 g/mol. The second-order valence-electron chi connectivity index (χ2n) is 5.24. The molecule has 1 heterocycles. The summed E-state index contributed by atoms with van der Waals surface area (Å²) in [6.07, 6.45) is 1.82. The van der Waals surface area contributed by atoms with Gasteiger partial charge in [-0.2, -0.15) is 13.2 Å². The van der Waals surface area contributed by atoms with Crippen molar-refractivity contribution in [3.05, 3.63) is 0 Å². The van der Waals surface area contributed by atoms with Crippen LogP contribution >= 0.6 is 0 Å². The van der Waals surface area contributed by atoms with E-state index < -0.39 is 12.7 Å². The number of nitrogens with one attached hydrogen (secondary N) is 1. The largest absolute Gasteiger partial charge is 0.401 e. The molecule has 1 fully saturated rings. The smallest absolute Gasteiger partial charge is 0.307 e. The Morgan fingerprint density at radius 3 is 2.61 bits per heavy atom. The summed E-state index contributed by atoms with van der Waals surface area (Å²) in [7, 11) is 0. The van der Waals surface area contributed by atoms with Crippen molar-refractivity contribution in [2.45, 2.75) is 64.2 Å². The Morgan fingerprint density at radius 2 is 2.00 bits per heavy atom. The third kappa shape index (κ3) is 5.57. The van der Waals surface area contributed by atoms with E-state index in [-0.39, 0.29) is 6.04 Å². The van der Waals surface area contributed by atoms with Gasteiger partial charge in [0, 0.05) is 18.6 Å². The van der Waals surface area contributed by atoms with Crippen molar-refractivity contribution < 1.29 is 13.2 Å². The molecule has 2 unspecified atom stereocenters. The van der Waals surface area contributed by atoms with Gasteiger partial charge in [-0.1, -0.05) is 19.8 Å². The van der Waals surface area contributed by atoms with Crippen molar-refractivity contribution in [1.82, 2.24) is 10.2 Å². The van der Waals surface area contributed by atoms with E-state index in [1.807, 2.05) is 6.92 Å². The quantitative estimate of drug-likeness (QED) is 0.822. The second-order valence-corrected chi connectivity index (χ2v) is 5.24. The Bertz CT molecular complexity index is 231. The fourth-order valence-electron chi connectivity index (χ4n) is 2.76. The van der Waals surface area contributed by atoms with Gasteiger partial charge in [0.15, 0.2) is 0 Å². The predicted molar refractivity (Wildman–Crippen MR) is 67.6 cm³/mol. The lowest BCUT2D eigenvalue weighted by atomic mass is 10.1. The molecule has 108 valence electrons. The van der Waals surface area contributed by atoms with Crippen LogP contribution in [0.2, 0.25) is 0 Å². The van der Waals surface area contributed by atoms with E-state index in [0.29, 0.717) is 12.6 Å². The summed E-state index contributed by atoms with van der Waals surface area (Å²) in [5.74, 6) is 0.